The SMILES string of the molecule is CC(C)Nc1cc(C#CC(C)(C)C)sc1C(=O)O. The van der Waals surface area contributed by atoms with Crippen molar-refractivity contribution in [2.24, 2.45) is 5.41 Å². The van der Waals surface area contributed by atoms with Crippen molar-refractivity contribution in [3.05, 3.63) is 15.8 Å². The van der Waals surface area contributed by atoms with Gasteiger partial charge >= 0.3 is 5.97 Å². The summed E-state index contributed by atoms with van der Waals surface area (Å²) < 4.78 is 0. The number of rotatable bonds is 3. The van der Waals surface area contributed by atoms with Gasteiger partial charge in [-0.2, -0.15) is 0 Å². The lowest BCUT2D eigenvalue weighted by atomic mass is 9.98. The molecule has 0 radical (unpaired) electrons. The Morgan fingerprint density at radius 1 is 1.44 bits per heavy atom. The molecule has 98 valence electrons. The van der Waals surface area contributed by atoms with Gasteiger partial charge in [-0.3, -0.25) is 0 Å². The number of carboxylic acid groups (broad SMARTS) is 1. The largest absolute Gasteiger partial charge is 0.477 e. The molecule has 18 heavy (non-hydrogen) atoms. The van der Waals surface area contributed by atoms with Crippen molar-refractivity contribution in [3.63, 3.8) is 0 Å². The van der Waals surface area contributed by atoms with Crippen LogP contribution in [0.4, 0.5) is 5.69 Å². The minimum Gasteiger partial charge on any atom is -0.477 e. The molecule has 0 bridgehead atoms. The third kappa shape index (κ3) is 4.42. The molecule has 3 nitrogen and oxygen atoms in total. The summed E-state index contributed by atoms with van der Waals surface area (Å²) in [6.07, 6.45) is 0. The number of thiophene rings is 1. The zero-order valence-electron chi connectivity index (χ0n) is 11.4. The summed E-state index contributed by atoms with van der Waals surface area (Å²) in [6.45, 7) is 10.0. The van der Waals surface area contributed by atoms with E-state index in [0.717, 1.165) is 4.88 Å². The lowest BCUT2D eigenvalue weighted by molar-refractivity contribution is 0.0703. The highest BCUT2D eigenvalue weighted by molar-refractivity contribution is 7.15. The van der Waals surface area contributed by atoms with Crippen LogP contribution in [0.5, 0.6) is 0 Å². The Bertz CT molecular complexity index is 498. The third-order valence-corrected chi connectivity index (χ3v) is 2.97. The van der Waals surface area contributed by atoms with E-state index >= 15 is 0 Å². The van der Waals surface area contributed by atoms with Gasteiger partial charge in [-0.25, -0.2) is 4.79 Å². The molecule has 0 saturated heterocycles. The number of anilines is 1. The van der Waals surface area contributed by atoms with E-state index in [0.29, 0.717) is 10.6 Å². The minimum atomic E-state index is -0.910. The molecule has 1 aromatic rings. The minimum absolute atomic E-state index is 0.0843. The molecule has 0 aliphatic rings. The number of hydrogen-bond acceptors (Lipinski definition) is 3. The van der Waals surface area contributed by atoms with Gasteiger partial charge in [0.25, 0.3) is 0 Å². The first-order valence-corrected chi connectivity index (χ1v) is 6.67. The molecule has 0 aromatic carbocycles. The predicted octanol–water partition coefficient (Wildman–Crippen LogP) is 3.66. The summed E-state index contributed by atoms with van der Waals surface area (Å²) in [6, 6.07) is 2.01. The summed E-state index contributed by atoms with van der Waals surface area (Å²) in [4.78, 5) is 12.2. The first-order valence-electron chi connectivity index (χ1n) is 5.86. The molecular formula is C14H19NO2S. The summed E-state index contributed by atoms with van der Waals surface area (Å²) >= 11 is 1.21. The van der Waals surface area contributed by atoms with Crippen LogP contribution in [0.15, 0.2) is 6.07 Å². The molecule has 4 heteroatoms. The molecule has 1 aromatic heterocycles. The van der Waals surface area contributed by atoms with Crippen LogP contribution < -0.4 is 5.32 Å². The first kappa shape index (κ1) is 14.6. The fourth-order valence-electron chi connectivity index (χ4n) is 1.28. The molecule has 0 saturated carbocycles. The monoisotopic (exact) mass is 265 g/mol. The molecule has 1 heterocycles. The van der Waals surface area contributed by atoms with Crippen LogP contribution in [0, 0.1) is 17.3 Å². The molecule has 1 rings (SSSR count). The van der Waals surface area contributed by atoms with Gasteiger partial charge in [0.05, 0.1) is 10.6 Å². The number of aromatic carboxylic acids is 1. The molecule has 0 fully saturated rings. The van der Waals surface area contributed by atoms with Crippen molar-refractivity contribution >= 4 is 23.0 Å². The maximum Gasteiger partial charge on any atom is 0.348 e. The predicted molar refractivity (Wildman–Crippen MR) is 76.4 cm³/mol. The maximum absolute atomic E-state index is 11.1. The van der Waals surface area contributed by atoms with E-state index in [1.165, 1.54) is 11.3 Å². The van der Waals surface area contributed by atoms with Crippen LogP contribution in [-0.2, 0) is 0 Å². The number of nitrogens with one attached hydrogen (secondary N) is 1. The Kier molecular flexibility index (Phi) is 4.42. The van der Waals surface area contributed by atoms with E-state index in [-0.39, 0.29) is 11.5 Å². The fourth-order valence-corrected chi connectivity index (χ4v) is 2.09. The van der Waals surface area contributed by atoms with Crippen molar-refractivity contribution in [1.82, 2.24) is 0 Å². The highest BCUT2D eigenvalue weighted by atomic mass is 32.1. The highest BCUT2D eigenvalue weighted by Crippen LogP contribution is 2.27. The van der Waals surface area contributed by atoms with Gasteiger partial charge in [0.15, 0.2) is 0 Å². The van der Waals surface area contributed by atoms with Gasteiger partial charge in [-0.15, -0.1) is 11.3 Å². The van der Waals surface area contributed by atoms with E-state index < -0.39 is 5.97 Å². The third-order valence-electron chi connectivity index (χ3n) is 1.93. The molecule has 0 unspecified atom stereocenters. The lowest BCUT2D eigenvalue weighted by Crippen LogP contribution is -2.11. The Labute approximate surface area is 112 Å². The normalized spacial score (nSPS) is 11.0. The van der Waals surface area contributed by atoms with Crippen molar-refractivity contribution in [2.75, 3.05) is 5.32 Å². The molecule has 0 amide bonds. The van der Waals surface area contributed by atoms with Gasteiger partial charge < -0.3 is 10.4 Å². The first-order chi connectivity index (χ1) is 8.19. The number of hydrogen-bond donors (Lipinski definition) is 2. The van der Waals surface area contributed by atoms with Crippen LogP contribution >= 0.6 is 11.3 Å². The van der Waals surface area contributed by atoms with Gasteiger partial charge in [-0.05, 0) is 40.7 Å². The topological polar surface area (TPSA) is 49.3 Å². The fraction of sp³-hybridized carbons (Fsp3) is 0.500. The summed E-state index contributed by atoms with van der Waals surface area (Å²) in [5.74, 6) is 5.24. The van der Waals surface area contributed by atoms with Crippen molar-refractivity contribution in [1.29, 1.82) is 0 Å². The molecule has 0 aliphatic heterocycles. The second kappa shape index (κ2) is 5.45. The Morgan fingerprint density at radius 2 is 2.06 bits per heavy atom. The Morgan fingerprint density at radius 3 is 2.50 bits per heavy atom. The Balaban J connectivity index is 3.09. The standard InChI is InChI=1S/C14H19NO2S/c1-9(2)15-11-8-10(6-7-14(3,4)5)18-12(11)13(16)17/h8-9,15H,1-5H3,(H,16,17). The van der Waals surface area contributed by atoms with Gasteiger partial charge in [0.2, 0.25) is 0 Å². The van der Waals surface area contributed by atoms with E-state index in [1.54, 1.807) is 0 Å². The van der Waals surface area contributed by atoms with Crippen molar-refractivity contribution in [2.45, 2.75) is 40.7 Å². The van der Waals surface area contributed by atoms with Gasteiger partial charge in [-0.1, -0.05) is 11.8 Å². The summed E-state index contributed by atoms with van der Waals surface area (Å²) in [5, 5.41) is 12.3. The maximum atomic E-state index is 11.1. The van der Waals surface area contributed by atoms with Crippen LogP contribution in [0.2, 0.25) is 0 Å². The molecule has 0 atom stereocenters. The molecule has 2 N–H and O–H groups in total. The highest BCUT2D eigenvalue weighted by Gasteiger charge is 2.15. The van der Waals surface area contributed by atoms with E-state index in [4.69, 9.17) is 5.11 Å². The zero-order valence-corrected chi connectivity index (χ0v) is 12.2. The van der Waals surface area contributed by atoms with Crippen LogP contribution in [0.3, 0.4) is 0 Å². The van der Waals surface area contributed by atoms with E-state index in [9.17, 15) is 4.79 Å². The van der Waals surface area contributed by atoms with Crippen LogP contribution in [0.25, 0.3) is 0 Å². The Hall–Kier alpha value is -1.47. The second-order valence-corrected chi connectivity index (χ2v) is 6.51. The van der Waals surface area contributed by atoms with Gasteiger partial charge in [0, 0.05) is 11.5 Å². The second-order valence-electron chi connectivity index (χ2n) is 5.46. The number of carboxylic acids is 1. The average molecular weight is 265 g/mol. The van der Waals surface area contributed by atoms with E-state index in [2.05, 4.69) is 17.2 Å². The van der Waals surface area contributed by atoms with E-state index in [1.807, 2.05) is 40.7 Å². The van der Waals surface area contributed by atoms with Crippen molar-refractivity contribution < 1.29 is 9.90 Å². The summed E-state index contributed by atoms with van der Waals surface area (Å²) in [7, 11) is 0. The number of carbonyl (C=O) groups is 1. The zero-order chi connectivity index (χ0) is 13.9. The van der Waals surface area contributed by atoms with Gasteiger partial charge in [0.1, 0.15) is 4.88 Å². The van der Waals surface area contributed by atoms with Crippen LogP contribution in [-0.4, -0.2) is 17.1 Å². The smallest absolute Gasteiger partial charge is 0.348 e. The summed E-state index contributed by atoms with van der Waals surface area (Å²) in [5.41, 5.74) is 0.569. The van der Waals surface area contributed by atoms with Crippen molar-refractivity contribution in [3.8, 4) is 11.8 Å². The lowest BCUT2D eigenvalue weighted by Gasteiger charge is -2.08. The molecular weight excluding hydrogens is 246 g/mol. The molecule has 0 spiro atoms. The quantitative estimate of drug-likeness (QED) is 0.820. The average Bonchev–Trinajstić information content (AvgIpc) is 2.56. The van der Waals surface area contributed by atoms with Crippen LogP contribution in [0.1, 0.15) is 49.2 Å². The molecule has 0 aliphatic carbocycles.